The second-order valence-corrected chi connectivity index (χ2v) is 3.31. The summed E-state index contributed by atoms with van der Waals surface area (Å²) in [5, 5.41) is 10.5. The van der Waals surface area contributed by atoms with Gasteiger partial charge in [0.05, 0.1) is 4.90 Å². The molecular weight excluding hydrogens is 214 g/mol. The standard InChI is InChI=1S/C6H6O4S.2Na/c7-5-2-1-3-6(4-5)11(8,9)10;;/h1-4,7H,(H,8,9,10);;/q;2*+1/p-2. The summed E-state index contributed by atoms with van der Waals surface area (Å²) in [6.07, 6.45) is 0. The normalized spacial score (nSPS) is 9.62. The van der Waals surface area contributed by atoms with Crippen molar-refractivity contribution >= 4 is 10.1 Å². The van der Waals surface area contributed by atoms with E-state index < -0.39 is 20.8 Å². The third-order valence-electron chi connectivity index (χ3n) is 1.09. The molecule has 1 aromatic carbocycles. The first kappa shape index (κ1) is 16.4. The Balaban J connectivity index is 0. The first-order chi connectivity index (χ1) is 5.00. The van der Waals surface area contributed by atoms with Gasteiger partial charge in [-0.1, -0.05) is 18.2 Å². The molecule has 60 valence electrons. The van der Waals surface area contributed by atoms with Gasteiger partial charge in [0.15, 0.2) is 0 Å². The minimum atomic E-state index is -4.48. The molecule has 1 rings (SSSR count). The average Bonchev–Trinajstić information content (AvgIpc) is 1.86. The summed E-state index contributed by atoms with van der Waals surface area (Å²) in [6.45, 7) is 0. The van der Waals surface area contributed by atoms with Crippen molar-refractivity contribution in [3.05, 3.63) is 24.3 Å². The van der Waals surface area contributed by atoms with E-state index in [0.29, 0.717) is 0 Å². The van der Waals surface area contributed by atoms with Crippen molar-refractivity contribution < 1.29 is 77.2 Å². The van der Waals surface area contributed by atoms with Crippen molar-refractivity contribution in [2.45, 2.75) is 4.90 Å². The summed E-state index contributed by atoms with van der Waals surface area (Å²) < 4.78 is 30.9. The first-order valence-electron chi connectivity index (χ1n) is 2.73. The molecule has 0 radical (unpaired) electrons. The van der Waals surface area contributed by atoms with Crippen molar-refractivity contribution in [1.29, 1.82) is 0 Å². The van der Waals surface area contributed by atoms with Crippen molar-refractivity contribution in [3.63, 3.8) is 0 Å². The summed E-state index contributed by atoms with van der Waals surface area (Å²) in [4.78, 5) is -0.481. The van der Waals surface area contributed by atoms with Crippen LogP contribution in [0.2, 0.25) is 0 Å². The molecule has 4 nitrogen and oxygen atoms in total. The van der Waals surface area contributed by atoms with Crippen LogP contribution in [0.3, 0.4) is 0 Å². The van der Waals surface area contributed by atoms with Crippen LogP contribution in [0.4, 0.5) is 0 Å². The molecule has 0 aliphatic carbocycles. The zero-order chi connectivity index (χ0) is 8.48. The van der Waals surface area contributed by atoms with Gasteiger partial charge in [-0.3, -0.25) is 0 Å². The Kier molecular flexibility index (Phi) is 8.08. The molecule has 0 aliphatic rings. The minimum absolute atomic E-state index is 0. The van der Waals surface area contributed by atoms with Gasteiger partial charge >= 0.3 is 59.1 Å². The molecule has 0 saturated heterocycles. The van der Waals surface area contributed by atoms with Crippen LogP contribution in [-0.4, -0.2) is 13.0 Å². The quantitative estimate of drug-likeness (QED) is 0.347. The Bertz CT molecular complexity index is 363. The van der Waals surface area contributed by atoms with Gasteiger partial charge in [-0.05, 0) is 6.07 Å². The summed E-state index contributed by atoms with van der Waals surface area (Å²) in [7, 11) is -4.48. The van der Waals surface area contributed by atoms with Crippen LogP contribution in [0, 0.1) is 0 Å². The molecular formula is C6H4Na2O4S. The molecule has 0 unspecified atom stereocenters. The summed E-state index contributed by atoms with van der Waals surface area (Å²) in [6, 6.07) is 4.29. The zero-order valence-corrected chi connectivity index (χ0v) is 12.2. The fraction of sp³-hybridized carbons (Fsp3) is 0. The number of rotatable bonds is 1. The summed E-state index contributed by atoms with van der Waals surface area (Å²) in [5.41, 5.74) is 0. The largest absolute Gasteiger partial charge is 1.00 e. The number of hydrogen-bond donors (Lipinski definition) is 0. The van der Waals surface area contributed by atoms with E-state index in [0.717, 1.165) is 12.1 Å². The average molecular weight is 218 g/mol. The number of benzene rings is 1. The molecule has 0 bridgehead atoms. The molecule has 0 saturated carbocycles. The molecule has 0 spiro atoms. The molecule has 0 fully saturated rings. The van der Waals surface area contributed by atoms with Gasteiger partial charge in [0.1, 0.15) is 10.1 Å². The van der Waals surface area contributed by atoms with Crippen LogP contribution in [0.1, 0.15) is 0 Å². The van der Waals surface area contributed by atoms with Crippen molar-refractivity contribution in [1.82, 2.24) is 0 Å². The van der Waals surface area contributed by atoms with Crippen molar-refractivity contribution in [2.24, 2.45) is 0 Å². The second kappa shape index (κ2) is 6.42. The Morgan fingerprint density at radius 1 is 1.15 bits per heavy atom. The molecule has 0 amide bonds. The monoisotopic (exact) mass is 218 g/mol. The third-order valence-corrected chi connectivity index (χ3v) is 1.93. The fourth-order valence-corrected chi connectivity index (χ4v) is 1.14. The van der Waals surface area contributed by atoms with Crippen molar-refractivity contribution in [3.8, 4) is 5.75 Å². The predicted octanol–water partition coefficient (Wildman–Crippen LogP) is -6.33. The van der Waals surface area contributed by atoms with E-state index in [1.807, 2.05) is 0 Å². The van der Waals surface area contributed by atoms with Gasteiger partial charge in [-0.2, -0.15) is 0 Å². The van der Waals surface area contributed by atoms with Gasteiger partial charge in [-0.25, -0.2) is 8.42 Å². The van der Waals surface area contributed by atoms with E-state index in [4.69, 9.17) is 0 Å². The molecule has 1 aromatic rings. The molecule has 13 heavy (non-hydrogen) atoms. The van der Waals surface area contributed by atoms with E-state index in [1.165, 1.54) is 12.1 Å². The first-order valence-corrected chi connectivity index (χ1v) is 4.14. The van der Waals surface area contributed by atoms with E-state index in [2.05, 4.69) is 0 Å². The van der Waals surface area contributed by atoms with E-state index in [1.54, 1.807) is 0 Å². The van der Waals surface area contributed by atoms with Gasteiger partial charge < -0.3 is 9.66 Å². The molecule has 0 atom stereocenters. The summed E-state index contributed by atoms with van der Waals surface area (Å²) >= 11 is 0. The Morgan fingerprint density at radius 3 is 2.00 bits per heavy atom. The van der Waals surface area contributed by atoms with Crippen LogP contribution in [-0.2, 0) is 10.1 Å². The van der Waals surface area contributed by atoms with Crippen LogP contribution in [0.15, 0.2) is 29.2 Å². The van der Waals surface area contributed by atoms with Crippen LogP contribution in [0.25, 0.3) is 0 Å². The van der Waals surface area contributed by atoms with E-state index >= 15 is 0 Å². The summed E-state index contributed by atoms with van der Waals surface area (Å²) in [5.74, 6) is -0.484. The van der Waals surface area contributed by atoms with Gasteiger partial charge in [0.25, 0.3) is 0 Å². The van der Waals surface area contributed by atoms with Crippen LogP contribution >= 0.6 is 0 Å². The van der Waals surface area contributed by atoms with Gasteiger partial charge in [0, 0.05) is 0 Å². The smallest absolute Gasteiger partial charge is 0.872 e. The molecule has 0 aliphatic heterocycles. The zero-order valence-electron chi connectivity index (χ0n) is 7.35. The van der Waals surface area contributed by atoms with E-state index in [-0.39, 0.29) is 59.1 Å². The Morgan fingerprint density at radius 2 is 1.69 bits per heavy atom. The van der Waals surface area contributed by atoms with Crippen molar-refractivity contribution in [2.75, 3.05) is 0 Å². The Labute approximate surface area is 121 Å². The van der Waals surface area contributed by atoms with Crippen LogP contribution < -0.4 is 64.2 Å². The Hall–Kier alpha value is 0.930. The van der Waals surface area contributed by atoms with Crippen LogP contribution in [0.5, 0.6) is 5.75 Å². The molecule has 7 heteroatoms. The second-order valence-electron chi connectivity index (χ2n) is 1.93. The molecule has 0 heterocycles. The molecule has 0 N–H and O–H groups in total. The number of hydrogen-bond acceptors (Lipinski definition) is 4. The minimum Gasteiger partial charge on any atom is -0.872 e. The van der Waals surface area contributed by atoms with E-state index in [9.17, 15) is 18.1 Å². The SMILES string of the molecule is O=S(=O)([O-])c1cccc([O-])c1.[Na+].[Na+]. The maximum atomic E-state index is 10.5. The molecule has 0 aromatic heterocycles. The fourth-order valence-electron chi connectivity index (χ4n) is 0.630. The topological polar surface area (TPSA) is 80.3 Å². The maximum Gasteiger partial charge on any atom is 1.00 e. The third kappa shape index (κ3) is 5.39. The van der Waals surface area contributed by atoms with Gasteiger partial charge in [0.2, 0.25) is 0 Å². The predicted molar refractivity (Wildman–Crippen MR) is 33.9 cm³/mol. The van der Waals surface area contributed by atoms with Gasteiger partial charge in [-0.15, -0.1) is 5.75 Å². The maximum absolute atomic E-state index is 10.5.